The molecule has 0 atom stereocenters. The summed E-state index contributed by atoms with van der Waals surface area (Å²) >= 11 is 0. The van der Waals surface area contributed by atoms with E-state index in [1.807, 2.05) is 0 Å². The maximum absolute atomic E-state index is 12.7. The Hall–Kier alpha value is -2.49. The molecule has 0 radical (unpaired) electrons. The molecule has 0 saturated carbocycles. The lowest BCUT2D eigenvalue weighted by Crippen LogP contribution is -2.08. The molecule has 4 heteroatoms. The number of aldehydes is 1. The molecule has 0 fully saturated rings. The van der Waals surface area contributed by atoms with Crippen LogP contribution in [0.1, 0.15) is 20.7 Å². The van der Waals surface area contributed by atoms with E-state index in [9.17, 15) is 14.0 Å². The summed E-state index contributed by atoms with van der Waals surface area (Å²) in [6.45, 7) is 0. The summed E-state index contributed by atoms with van der Waals surface area (Å²) in [5, 5.41) is 0. The van der Waals surface area contributed by atoms with Crippen LogP contribution in [0.2, 0.25) is 0 Å². The number of ether oxygens (including phenoxy) is 1. The lowest BCUT2D eigenvalue weighted by molar-refractivity contribution is 0.0734. The van der Waals surface area contributed by atoms with Crippen LogP contribution in [0.5, 0.6) is 5.75 Å². The topological polar surface area (TPSA) is 43.4 Å². The molecule has 0 saturated heterocycles. The summed E-state index contributed by atoms with van der Waals surface area (Å²) in [4.78, 5) is 22.3. The van der Waals surface area contributed by atoms with Crippen molar-refractivity contribution in [2.24, 2.45) is 0 Å². The second-order valence-electron chi connectivity index (χ2n) is 3.59. The fourth-order valence-electron chi connectivity index (χ4n) is 1.40. The molecule has 0 N–H and O–H groups in total. The largest absolute Gasteiger partial charge is 0.423 e. The second-order valence-corrected chi connectivity index (χ2v) is 3.59. The lowest BCUT2D eigenvalue weighted by Gasteiger charge is -2.04. The molecule has 18 heavy (non-hydrogen) atoms. The predicted molar refractivity (Wildman–Crippen MR) is 63.2 cm³/mol. The van der Waals surface area contributed by atoms with E-state index in [0.29, 0.717) is 11.8 Å². The molecule has 0 bridgehead atoms. The minimum absolute atomic E-state index is 0.243. The molecular formula is C14H9FO3. The molecule has 0 heterocycles. The van der Waals surface area contributed by atoms with Crippen LogP contribution in [0.4, 0.5) is 4.39 Å². The standard InChI is InChI=1S/C14H9FO3/c15-12-6-4-11(5-7-12)14(17)18-13-3-1-2-10(8-13)9-16/h1-9H. The van der Waals surface area contributed by atoms with Crippen LogP contribution in [0.3, 0.4) is 0 Å². The molecule has 2 rings (SSSR count). The molecule has 0 spiro atoms. The van der Waals surface area contributed by atoms with Gasteiger partial charge >= 0.3 is 5.97 Å². The van der Waals surface area contributed by atoms with Gasteiger partial charge in [0.1, 0.15) is 17.9 Å². The number of carbonyl (C=O) groups excluding carboxylic acids is 2. The van der Waals surface area contributed by atoms with Gasteiger partial charge in [0.2, 0.25) is 0 Å². The third-order valence-electron chi connectivity index (χ3n) is 2.28. The normalized spacial score (nSPS) is 9.83. The van der Waals surface area contributed by atoms with E-state index in [-0.39, 0.29) is 11.3 Å². The highest BCUT2D eigenvalue weighted by atomic mass is 19.1. The van der Waals surface area contributed by atoms with Gasteiger partial charge in [0.25, 0.3) is 0 Å². The minimum atomic E-state index is -0.599. The molecule has 0 unspecified atom stereocenters. The average Bonchev–Trinajstić information content (AvgIpc) is 2.39. The van der Waals surface area contributed by atoms with Crippen molar-refractivity contribution in [3.8, 4) is 5.75 Å². The molecule has 3 nitrogen and oxygen atoms in total. The highest BCUT2D eigenvalue weighted by molar-refractivity contribution is 5.91. The number of esters is 1. The summed E-state index contributed by atoms with van der Waals surface area (Å²) in [6.07, 6.45) is 0.662. The fraction of sp³-hybridized carbons (Fsp3) is 0. The Bertz CT molecular complexity index is 576. The monoisotopic (exact) mass is 244 g/mol. The van der Waals surface area contributed by atoms with Crippen molar-refractivity contribution < 1.29 is 18.7 Å². The average molecular weight is 244 g/mol. The van der Waals surface area contributed by atoms with E-state index in [4.69, 9.17) is 4.74 Å². The van der Waals surface area contributed by atoms with E-state index in [0.717, 1.165) is 0 Å². The van der Waals surface area contributed by atoms with Crippen molar-refractivity contribution >= 4 is 12.3 Å². The Balaban J connectivity index is 2.15. The zero-order chi connectivity index (χ0) is 13.0. The highest BCUT2D eigenvalue weighted by Crippen LogP contribution is 2.14. The van der Waals surface area contributed by atoms with E-state index < -0.39 is 11.8 Å². The number of rotatable bonds is 3. The van der Waals surface area contributed by atoms with Gasteiger partial charge in [0.05, 0.1) is 5.56 Å². The first-order chi connectivity index (χ1) is 8.69. The molecule has 90 valence electrons. The fourth-order valence-corrected chi connectivity index (χ4v) is 1.40. The zero-order valence-electron chi connectivity index (χ0n) is 9.30. The smallest absolute Gasteiger partial charge is 0.343 e. The Kier molecular flexibility index (Phi) is 3.48. The summed E-state index contributed by atoms with van der Waals surface area (Å²) in [6, 6.07) is 11.3. The Morgan fingerprint density at radius 1 is 1.11 bits per heavy atom. The summed E-state index contributed by atoms with van der Waals surface area (Å²) < 4.78 is 17.7. The van der Waals surface area contributed by atoms with Crippen molar-refractivity contribution in [3.63, 3.8) is 0 Å². The number of hydrogen-bond donors (Lipinski definition) is 0. The Morgan fingerprint density at radius 3 is 2.50 bits per heavy atom. The SMILES string of the molecule is O=Cc1cccc(OC(=O)c2ccc(F)cc2)c1. The van der Waals surface area contributed by atoms with E-state index in [2.05, 4.69) is 0 Å². The van der Waals surface area contributed by atoms with Gasteiger partial charge in [-0.1, -0.05) is 12.1 Å². The van der Waals surface area contributed by atoms with Gasteiger partial charge in [0, 0.05) is 5.56 Å². The van der Waals surface area contributed by atoms with Crippen LogP contribution >= 0.6 is 0 Å². The van der Waals surface area contributed by atoms with Crippen molar-refractivity contribution in [2.75, 3.05) is 0 Å². The highest BCUT2D eigenvalue weighted by Gasteiger charge is 2.08. The molecule has 0 aliphatic carbocycles. The van der Waals surface area contributed by atoms with E-state index in [1.54, 1.807) is 18.2 Å². The van der Waals surface area contributed by atoms with E-state index in [1.165, 1.54) is 30.3 Å². The Labute approximate surface area is 103 Å². The van der Waals surface area contributed by atoms with Crippen molar-refractivity contribution in [2.45, 2.75) is 0 Å². The summed E-state index contributed by atoms with van der Waals surface area (Å²) in [5.74, 6) is -0.749. The number of carbonyl (C=O) groups is 2. The maximum Gasteiger partial charge on any atom is 0.343 e. The number of halogens is 1. The number of benzene rings is 2. The predicted octanol–water partition coefficient (Wildman–Crippen LogP) is 2.86. The second kappa shape index (κ2) is 5.23. The zero-order valence-corrected chi connectivity index (χ0v) is 9.30. The van der Waals surface area contributed by atoms with Gasteiger partial charge < -0.3 is 4.74 Å². The van der Waals surface area contributed by atoms with Crippen LogP contribution in [-0.2, 0) is 0 Å². The molecule has 0 aliphatic rings. The molecule has 0 aliphatic heterocycles. The first-order valence-electron chi connectivity index (χ1n) is 5.22. The van der Waals surface area contributed by atoms with Gasteiger partial charge in [-0.15, -0.1) is 0 Å². The molecule has 2 aromatic rings. The van der Waals surface area contributed by atoms with Crippen LogP contribution in [0.25, 0.3) is 0 Å². The summed E-state index contributed by atoms with van der Waals surface area (Å²) in [7, 11) is 0. The van der Waals surface area contributed by atoms with Gasteiger partial charge in [-0.25, -0.2) is 9.18 Å². The van der Waals surface area contributed by atoms with Crippen molar-refractivity contribution in [1.29, 1.82) is 0 Å². The van der Waals surface area contributed by atoms with Gasteiger partial charge in [-0.3, -0.25) is 4.79 Å². The minimum Gasteiger partial charge on any atom is -0.423 e. The summed E-state index contributed by atoms with van der Waals surface area (Å²) in [5.41, 5.74) is 0.660. The number of hydrogen-bond acceptors (Lipinski definition) is 3. The lowest BCUT2D eigenvalue weighted by atomic mass is 10.2. The first kappa shape index (κ1) is 12.0. The van der Waals surface area contributed by atoms with Gasteiger partial charge in [-0.05, 0) is 36.4 Å². The van der Waals surface area contributed by atoms with Gasteiger partial charge in [-0.2, -0.15) is 0 Å². The van der Waals surface area contributed by atoms with Crippen molar-refractivity contribution in [1.82, 2.24) is 0 Å². The van der Waals surface area contributed by atoms with Crippen molar-refractivity contribution in [3.05, 3.63) is 65.5 Å². The molecule has 2 aromatic carbocycles. The third kappa shape index (κ3) is 2.79. The molecule has 0 amide bonds. The van der Waals surface area contributed by atoms with Crippen LogP contribution in [0.15, 0.2) is 48.5 Å². The maximum atomic E-state index is 12.7. The molecular weight excluding hydrogens is 235 g/mol. The van der Waals surface area contributed by atoms with Gasteiger partial charge in [0.15, 0.2) is 0 Å². The van der Waals surface area contributed by atoms with Crippen LogP contribution < -0.4 is 4.74 Å². The molecule has 0 aromatic heterocycles. The Morgan fingerprint density at radius 2 is 1.83 bits per heavy atom. The van der Waals surface area contributed by atoms with Crippen LogP contribution in [0, 0.1) is 5.82 Å². The first-order valence-corrected chi connectivity index (χ1v) is 5.22. The quantitative estimate of drug-likeness (QED) is 0.473. The van der Waals surface area contributed by atoms with Crippen LogP contribution in [-0.4, -0.2) is 12.3 Å². The third-order valence-corrected chi connectivity index (χ3v) is 2.28. The van der Waals surface area contributed by atoms with E-state index >= 15 is 0 Å².